The van der Waals surface area contributed by atoms with E-state index in [0.717, 1.165) is 5.56 Å². The summed E-state index contributed by atoms with van der Waals surface area (Å²) in [6.07, 6.45) is 2.90. The largest absolute Gasteiger partial charge is 0.478 e. The SMILES string of the molecule is O=C(C=Cc1ccc(Cl)cc1)NC(=S)Nc1ccc(Cl)cc1C(=O)O. The van der Waals surface area contributed by atoms with Crippen LogP contribution in [-0.4, -0.2) is 22.1 Å². The highest BCUT2D eigenvalue weighted by Crippen LogP contribution is 2.20. The zero-order valence-electron chi connectivity index (χ0n) is 12.6. The number of rotatable bonds is 4. The van der Waals surface area contributed by atoms with Crippen LogP contribution in [0.5, 0.6) is 0 Å². The van der Waals surface area contributed by atoms with E-state index >= 15 is 0 Å². The van der Waals surface area contributed by atoms with Crippen LogP contribution < -0.4 is 10.6 Å². The Hall–Kier alpha value is -2.41. The van der Waals surface area contributed by atoms with Crippen molar-refractivity contribution >= 4 is 64.2 Å². The third-order valence-electron chi connectivity index (χ3n) is 2.99. The molecule has 5 nitrogen and oxygen atoms in total. The Labute approximate surface area is 159 Å². The van der Waals surface area contributed by atoms with Gasteiger partial charge in [-0.3, -0.25) is 10.1 Å². The smallest absolute Gasteiger partial charge is 0.337 e. The van der Waals surface area contributed by atoms with Gasteiger partial charge in [0.2, 0.25) is 5.91 Å². The van der Waals surface area contributed by atoms with Crippen LogP contribution in [0, 0.1) is 0 Å². The van der Waals surface area contributed by atoms with Gasteiger partial charge in [-0.1, -0.05) is 35.3 Å². The van der Waals surface area contributed by atoms with Gasteiger partial charge in [-0.2, -0.15) is 0 Å². The van der Waals surface area contributed by atoms with E-state index in [1.54, 1.807) is 30.3 Å². The normalized spacial score (nSPS) is 10.5. The summed E-state index contributed by atoms with van der Waals surface area (Å²) in [5.41, 5.74) is 0.967. The summed E-state index contributed by atoms with van der Waals surface area (Å²) in [6, 6.07) is 11.2. The summed E-state index contributed by atoms with van der Waals surface area (Å²) in [7, 11) is 0. The molecule has 2 rings (SSSR count). The first kappa shape index (κ1) is 18.9. The molecule has 128 valence electrons. The number of amides is 1. The lowest BCUT2D eigenvalue weighted by Crippen LogP contribution is -2.33. The molecule has 0 aliphatic carbocycles. The lowest BCUT2D eigenvalue weighted by atomic mass is 10.2. The number of halogens is 2. The predicted molar refractivity (Wildman–Crippen MR) is 103 cm³/mol. The second-order valence-corrected chi connectivity index (χ2v) is 6.10. The van der Waals surface area contributed by atoms with Gasteiger partial charge >= 0.3 is 5.97 Å². The third-order valence-corrected chi connectivity index (χ3v) is 3.69. The van der Waals surface area contributed by atoms with Gasteiger partial charge in [-0.25, -0.2) is 4.79 Å². The number of nitrogens with one attached hydrogen (secondary N) is 2. The molecule has 0 unspecified atom stereocenters. The van der Waals surface area contributed by atoms with Crippen molar-refractivity contribution < 1.29 is 14.7 Å². The van der Waals surface area contributed by atoms with E-state index in [9.17, 15) is 9.59 Å². The number of thiocarbonyl (C=S) groups is 1. The fourth-order valence-electron chi connectivity index (χ4n) is 1.86. The van der Waals surface area contributed by atoms with Crippen molar-refractivity contribution in [2.24, 2.45) is 0 Å². The summed E-state index contributed by atoms with van der Waals surface area (Å²) < 4.78 is 0. The molecular weight excluding hydrogens is 383 g/mol. The van der Waals surface area contributed by atoms with Crippen LogP contribution >= 0.6 is 35.4 Å². The molecule has 2 aromatic carbocycles. The first-order valence-corrected chi connectivity index (χ1v) is 8.10. The summed E-state index contributed by atoms with van der Waals surface area (Å²) in [4.78, 5) is 23.1. The standard InChI is InChI=1S/C17H12Cl2N2O3S/c18-11-4-1-10(2-5-11)3-8-15(22)21-17(25)20-14-7-6-12(19)9-13(14)16(23)24/h1-9H,(H,23,24)(H2,20,21,22,25). The molecule has 25 heavy (non-hydrogen) atoms. The minimum atomic E-state index is -1.17. The molecule has 0 aromatic heterocycles. The molecular formula is C17H12Cl2N2O3S. The monoisotopic (exact) mass is 394 g/mol. The minimum Gasteiger partial charge on any atom is -0.478 e. The Morgan fingerprint density at radius 3 is 2.32 bits per heavy atom. The van der Waals surface area contributed by atoms with Gasteiger partial charge in [-0.15, -0.1) is 0 Å². The van der Waals surface area contributed by atoms with Crippen LogP contribution in [-0.2, 0) is 4.79 Å². The number of benzene rings is 2. The quantitative estimate of drug-likeness (QED) is 0.534. The van der Waals surface area contributed by atoms with Crippen LogP contribution in [0.25, 0.3) is 6.08 Å². The number of carboxylic acid groups (broad SMARTS) is 1. The molecule has 3 N–H and O–H groups in total. The van der Waals surface area contributed by atoms with E-state index in [2.05, 4.69) is 10.6 Å². The van der Waals surface area contributed by atoms with Crippen molar-refractivity contribution in [3.63, 3.8) is 0 Å². The van der Waals surface area contributed by atoms with E-state index in [-0.39, 0.29) is 21.4 Å². The van der Waals surface area contributed by atoms with Gasteiger partial charge in [-0.05, 0) is 54.2 Å². The van der Waals surface area contributed by atoms with E-state index in [1.807, 2.05) is 0 Å². The summed E-state index contributed by atoms with van der Waals surface area (Å²) in [5, 5.41) is 15.1. The molecule has 0 aliphatic heterocycles. The van der Waals surface area contributed by atoms with Gasteiger partial charge in [0.25, 0.3) is 0 Å². The lowest BCUT2D eigenvalue weighted by molar-refractivity contribution is -0.115. The summed E-state index contributed by atoms with van der Waals surface area (Å²) in [6.45, 7) is 0. The zero-order chi connectivity index (χ0) is 18.4. The van der Waals surface area contributed by atoms with Crippen molar-refractivity contribution in [1.82, 2.24) is 5.32 Å². The molecule has 0 saturated heterocycles. The molecule has 2 aromatic rings. The maximum atomic E-state index is 11.9. The molecule has 0 fully saturated rings. The van der Waals surface area contributed by atoms with Crippen molar-refractivity contribution in [2.75, 3.05) is 5.32 Å². The first-order valence-electron chi connectivity index (χ1n) is 6.93. The summed E-state index contributed by atoms with van der Waals surface area (Å²) >= 11 is 16.6. The van der Waals surface area contributed by atoms with Crippen LogP contribution in [0.4, 0.5) is 5.69 Å². The summed E-state index contributed by atoms with van der Waals surface area (Å²) in [5.74, 6) is -1.62. The fraction of sp³-hybridized carbons (Fsp3) is 0. The Balaban J connectivity index is 1.99. The van der Waals surface area contributed by atoms with E-state index in [4.69, 9.17) is 40.5 Å². The minimum absolute atomic E-state index is 0.0319. The highest BCUT2D eigenvalue weighted by atomic mass is 35.5. The number of hydrogen-bond donors (Lipinski definition) is 3. The number of carboxylic acids is 1. The van der Waals surface area contributed by atoms with Crippen molar-refractivity contribution in [1.29, 1.82) is 0 Å². The molecule has 0 bridgehead atoms. The topological polar surface area (TPSA) is 78.4 Å². The first-order chi connectivity index (χ1) is 11.8. The van der Waals surface area contributed by atoms with Crippen molar-refractivity contribution in [2.45, 2.75) is 0 Å². The number of carbonyl (C=O) groups is 2. The molecule has 0 atom stereocenters. The fourth-order valence-corrected chi connectivity index (χ4v) is 2.36. The maximum Gasteiger partial charge on any atom is 0.337 e. The second kappa shape index (κ2) is 8.62. The molecule has 0 saturated carbocycles. The van der Waals surface area contributed by atoms with Gasteiger partial charge in [0.1, 0.15) is 0 Å². The van der Waals surface area contributed by atoms with Crippen LogP contribution in [0.3, 0.4) is 0 Å². The second-order valence-electron chi connectivity index (χ2n) is 4.82. The number of aromatic carboxylic acids is 1. The molecule has 0 heterocycles. The Bertz CT molecular complexity index is 851. The molecule has 0 aliphatic rings. The average Bonchev–Trinajstić information content (AvgIpc) is 2.55. The zero-order valence-corrected chi connectivity index (χ0v) is 15.0. The van der Waals surface area contributed by atoms with Gasteiger partial charge in [0.15, 0.2) is 5.11 Å². The van der Waals surface area contributed by atoms with Crippen LogP contribution in [0.15, 0.2) is 48.5 Å². The third kappa shape index (κ3) is 5.86. The van der Waals surface area contributed by atoms with Gasteiger partial charge in [0.05, 0.1) is 11.3 Å². The molecule has 1 amide bonds. The Kier molecular flexibility index (Phi) is 6.52. The number of carbonyl (C=O) groups excluding carboxylic acids is 1. The van der Waals surface area contributed by atoms with Gasteiger partial charge in [0, 0.05) is 16.1 Å². The van der Waals surface area contributed by atoms with E-state index in [0.29, 0.717) is 5.02 Å². The molecule has 8 heteroatoms. The van der Waals surface area contributed by atoms with Crippen molar-refractivity contribution in [3.8, 4) is 0 Å². The number of hydrogen-bond acceptors (Lipinski definition) is 3. The molecule has 0 radical (unpaired) electrons. The maximum absolute atomic E-state index is 11.9. The predicted octanol–water partition coefficient (Wildman–Crippen LogP) is 4.22. The Morgan fingerprint density at radius 1 is 1.04 bits per heavy atom. The lowest BCUT2D eigenvalue weighted by Gasteiger charge is -2.11. The Morgan fingerprint density at radius 2 is 1.68 bits per heavy atom. The van der Waals surface area contributed by atoms with Crippen molar-refractivity contribution in [3.05, 3.63) is 69.7 Å². The highest BCUT2D eigenvalue weighted by molar-refractivity contribution is 7.80. The van der Waals surface area contributed by atoms with E-state index < -0.39 is 11.9 Å². The van der Waals surface area contributed by atoms with Gasteiger partial charge < -0.3 is 10.4 Å². The van der Waals surface area contributed by atoms with E-state index in [1.165, 1.54) is 24.3 Å². The average molecular weight is 395 g/mol. The highest BCUT2D eigenvalue weighted by Gasteiger charge is 2.12. The van der Waals surface area contributed by atoms with Crippen LogP contribution in [0.2, 0.25) is 10.0 Å². The van der Waals surface area contributed by atoms with Crippen LogP contribution in [0.1, 0.15) is 15.9 Å². The number of anilines is 1. The molecule has 0 spiro atoms.